The van der Waals surface area contributed by atoms with Gasteiger partial charge in [-0.1, -0.05) is 30.3 Å². The largest absolute Gasteiger partial charge is 0.441 e. The number of likely N-dealkylation sites (N-methyl/N-ethyl adjacent to an activating group) is 1. The zero-order valence-corrected chi connectivity index (χ0v) is 9.73. The van der Waals surface area contributed by atoms with Crippen LogP contribution >= 0.6 is 0 Å². The fourth-order valence-electron chi connectivity index (χ4n) is 2.05. The van der Waals surface area contributed by atoms with Gasteiger partial charge in [-0.25, -0.2) is 4.98 Å². The maximum Gasteiger partial charge on any atom is 0.196 e. The molecule has 2 aromatic carbocycles. The van der Waals surface area contributed by atoms with Crippen molar-refractivity contribution in [2.75, 3.05) is 13.6 Å². The summed E-state index contributed by atoms with van der Waals surface area (Å²) in [6, 6.07) is 12.3. The van der Waals surface area contributed by atoms with Gasteiger partial charge in [-0.15, -0.1) is 0 Å². The lowest BCUT2D eigenvalue weighted by molar-refractivity contribution is 0.522. The fourth-order valence-corrected chi connectivity index (χ4v) is 2.05. The second kappa shape index (κ2) is 4.18. The van der Waals surface area contributed by atoms with Crippen LogP contribution < -0.4 is 5.32 Å². The Morgan fingerprint density at radius 3 is 2.94 bits per heavy atom. The first-order valence-electron chi connectivity index (χ1n) is 5.80. The van der Waals surface area contributed by atoms with Gasteiger partial charge in [0, 0.05) is 18.4 Å². The maximum atomic E-state index is 5.73. The molecule has 0 saturated heterocycles. The smallest absolute Gasteiger partial charge is 0.196 e. The second-order valence-corrected chi connectivity index (χ2v) is 4.09. The summed E-state index contributed by atoms with van der Waals surface area (Å²) in [6.07, 6.45) is 0.819. The molecule has 0 atom stereocenters. The molecular formula is C14H14N2O. The van der Waals surface area contributed by atoms with Crippen LogP contribution in [0.5, 0.6) is 0 Å². The molecule has 0 radical (unpaired) electrons. The molecule has 17 heavy (non-hydrogen) atoms. The third kappa shape index (κ3) is 1.78. The van der Waals surface area contributed by atoms with E-state index in [1.54, 1.807) is 0 Å². The van der Waals surface area contributed by atoms with Crippen LogP contribution in [0.15, 0.2) is 40.8 Å². The molecule has 0 amide bonds. The summed E-state index contributed by atoms with van der Waals surface area (Å²) in [5, 5.41) is 5.46. The van der Waals surface area contributed by atoms with Crippen LogP contribution in [0.25, 0.3) is 21.9 Å². The van der Waals surface area contributed by atoms with Crippen LogP contribution in [-0.2, 0) is 6.42 Å². The summed E-state index contributed by atoms with van der Waals surface area (Å²) in [4.78, 5) is 4.57. The Balaban J connectivity index is 2.17. The number of rotatable bonds is 3. The molecule has 3 heteroatoms. The first-order valence-corrected chi connectivity index (χ1v) is 5.80. The molecule has 0 fully saturated rings. The van der Waals surface area contributed by atoms with Crippen LogP contribution in [0, 0.1) is 0 Å². The lowest BCUT2D eigenvalue weighted by Crippen LogP contribution is -2.10. The molecule has 0 unspecified atom stereocenters. The van der Waals surface area contributed by atoms with Gasteiger partial charge in [-0.3, -0.25) is 0 Å². The topological polar surface area (TPSA) is 38.1 Å². The van der Waals surface area contributed by atoms with Gasteiger partial charge in [0.2, 0.25) is 0 Å². The SMILES string of the molecule is CNCCc1nc2c(ccc3ccccc32)o1. The van der Waals surface area contributed by atoms with Gasteiger partial charge in [-0.05, 0) is 18.5 Å². The van der Waals surface area contributed by atoms with Crippen LogP contribution in [0.3, 0.4) is 0 Å². The van der Waals surface area contributed by atoms with E-state index in [4.69, 9.17) is 4.42 Å². The molecule has 0 aliphatic rings. The second-order valence-electron chi connectivity index (χ2n) is 4.09. The minimum Gasteiger partial charge on any atom is -0.441 e. The summed E-state index contributed by atoms with van der Waals surface area (Å²) >= 11 is 0. The van der Waals surface area contributed by atoms with E-state index in [9.17, 15) is 0 Å². The van der Waals surface area contributed by atoms with Crippen molar-refractivity contribution >= 4 is 21.9 Å². The molecule has 1 aromatic heterocycles. The zero-order chi connectivity index (χ0) is 11.7. The van der Waals surface area contributed by atoms with Crippen molar-refractivity contribution in [1.82, 2.24) is 10.3 Å². The Hall–Kier alpha value is -1.87. The average Bonchev–Trinajstić information content (AvgIpc) is 2.79. The molecular weight excluding hydrogens is 212 g/mol. The lowest BCUT2D eigenvalue weighted by Gasteiger charge is -1.95. The molecule has 1 N–H and O–H groups in total. The number of nitrogens with zero attached hydrogens (tertiary/aromatic N) is 1. The number of hydrogen-bond donors (Lipinski definition) is 1. The van der Waals surface area contributed by atoms with Crippen LogP contribution in [-0.4, -0.2) is 18.6 Å². The standard InChI is InChI=1S/C14H14N2O/c1-15-9-8-13-16-14-11-5-3-2-4-10(11)6-7-12(14)17-13/h2-7,15H,8-9H2,1H3. The van der Waals surface area contributed by atoms with E-state index >= 15 is 0 Å². The van der Waals surface area contributed by atoms with Gasteiger partial charge in [0.25, 0.3) is 0 Å². The summed E-state index contributed by atoms with van der Waals surface area (Å²) in [7, 11) is 1.93. The molecule has 0 aliphatic heterocycles. The highest BCUT2D eigenvalue weighted by Gasteiger charge is 2.08. The number of fused-ring (bicyclic) bond motifs is 3. The van der Waals surface area contributed by atoms with Crippen molar-refractivity contribution in [3.63, 3.8) is 0 Å². The number of oxazole rings is 1. The zero-order valence-electron chi connectivity index (χ0n) is 9.73. The molecule has 86 valence electrons. The molecule has 3 aromatic rings. The van der Waals surface area contributed by atoms with Crippen molar-refractivity contribution in [2.45, 2.75) is 6.42 Å². The van der Waals surface area contributed by atoms with Gasteiger partial charge in [-0.2, -0.15) is 0 Å². The van der Waals surface area contributed by atoms with E-state index in [1.807, 2.05) is 25.2 Å². The molecule has 0 bridgehead atoms. The average molecular weight is 226 g/mol. The molecule has 0 aliphatic carbocycles. The quantitative estimate of drug-likeness (QED) is 0.746. The van der Waals surface area contributed by atoms with Gasteiger partial charge in [0.15, 0.2) is 11.5 Å². The Kier molecular flexibility index (Phi) is 2.53. The van der Waals surface area contributed by atoms with Gasteiger partial charge in [0.05, 0.1) is 0 Å². The van der Waals surface area contributed by atoms with E-state index in [0.717, 1.165) is 35.3 Å². The summed E-state index contributed by atoms with van der Waals surface area (Å²) in [5.41, 5.74) is 1.84. The van der Waals surface area contributed by atoms with Crippen LogP contribution in [0.4, 0.5) is 0 Å². The first kappa shape index (κ1) is 10.3. The third-order valence-corrected chi connectivity index (χ3v) is 2.92. The van der Waals surface area contributed by atoms with E-state index in [0.29, 0.717) is 0 Å². The van der Waals surface area contributed by atoms with E-state index in [-0.39, 0.29) is 0 Å². The number of nitrogens with one attached hydrogen (secondary N) is 1. The highest BCUT2D eigenvalue weighted by atomic mass is 16.3. The van der Waals surface area contributed by atoms with E-state index < -0.39 is 0 Å². The van der Waals surface area contributed by atoms with Crippen LogP contribution in [0.1, 0.15) is 5.89 Å². The normalized spacial score (nSPS) is 11.4. The van der Waals surface area contributed by atoms with Crippen molar-refractivity contribution in [3.05, 3.63) is 42.3 Å². The molecule has 3 nitrogen and oxygen atoms in total. The highest BCUT2D eigenvalue weighted by Crippen LogP contribution is 2.25. The minimum absolute atomic E-state index is 0.797. The third-order valence-electron chi connectivity index (χ3n) is 2.92. The van der Waals surface area contributed by atoms with Gasteiger partial charge >= 0.3 is 0 Å². The van der Waals surface area contributed by atoms with Crippen molar-refractivity contribution in [2.24, 2.45) is 0 Å². The molecule has 0 saturated carbocycles. The maximum absolute atomic E-state index is 5.73. The Labute approximate surface area is 99.5 Å². The summed E-state index contributed by atoms with van der Waals surface area (Å²) in [5.74, 6) is 0.797. The van der Waals surface area contributed by atoms with Crippen LogP contribution in [0.2, 0.25) is 0 Å². The Morgan fingerprint density at radius 2 is 2.06 bits per heavy atom. The van der Waals surface area contributed by atoms with Gasteiger partial charge < -0.3 is 9.73 Å². The fraction of sp³-hybridized carbons (Fsp3) is 0.214. The number of aromatic nitrogens is 1. The predicted octanol–water partition coefficient (Wildman–Crippen LogP) is 2.74. The summed E-state index contributed by atoms with van der Waals surface area (Å²) < 4.78 is 5.73. The van der Waals surface area contributed by atoms with E-state index in [1.165, 1.54) is 5.39 Å². The molecule has 1 heterocycles. The van der Waals surface area contributed by atoms with E-state index in [2.05, 4.69) is 28.5 Å². The lowest BCUT2D eigenvalue weighted by atomic mass is 10.1. The number of hydrogen-bond acceptors (Lipinski definition) is 3. The first-order chi connectivity index (χ1) is 8.38. The monoisotopic (exact) mass is 226 g/mol. The van der Waals surface area contributed by atoms with Crippen molar-refractivity contribution in [3.8, 4) is 0 Å². The predicted molar refractivity (Wildman–Crippen MR) is 69.1 cm³/mol. The van der Waals surface area contributed by atoms with Crippen molar-refractivity contribution < 1.29 is 4.42 Å². The Morgan fingerprint density at radius 1 is 1.18 bits per heavy atom. The molecule has 0 spiro atoms. The minimum atomic E-state index is 0.797. The van der Waals surface area contributed by atoms with Crippen molar-refractivity contribution in [1.29, 1.82) is 0 Å². The Bertz CT molecular complexity index is 657. The van der Waals surface area contributed by atoms with Gasteiger partial charge in [0.1, 0.15) is 5.52 Å². The summed E-state index contributed by atoms with van der Waals surface area (Å²) in [6.45, 7) is 0.880. The highest BCUT2D eigenvalue weighted by molar-refractivity contribution is 6.03. The number of benzene rings is 2. The molecule has 3 rings (SSSR count).